The predicted octanol–water partition coefficient (Wildman–Crippen LogP) is 3.23. The van der Waals surface area contributed by atoms with Crippen molar-refractivity contribution in [2.45, 2.75) is 43.3 Å². The summed E-state index contributed by atoms with van der Waals surface area (Å²) in [6.45, 7) is 2.20. The number of ether oxygens (including phenoxy) is 1. The van der Waals surface area contributed by atoms with Crippen molar-refractivity contribution < 1.29 is 39.5 Å². The average molecular weight is 578 g/mol. The Balaban J connectivity index is 1.58. The van der Waals surface area contributed by atoms with E-state index in [2.05, 4.69) is 5.32 Å². The Morgan fingerprint density at radius 1 is 1.05 bits per heavy atom. The molecule has 0 radical (unpaired) electrons. The lowest BCUT2D eigenvalue weighted by Crippen LogP contribution is -2.48. The molecule has 38 heavy (non-hydrogen) atoms. The first-order chi connectivity index (χ1) is 17.7. The third kappa shape index (κ3) is 7.38. The van der Waals surface area contributed by atoms with Crippen LogP contribution in [-0.4, -0.2) is 65.6 Å². The molecule has 0 aromatic heterocycles. The summed E-state index contributed by atoms with van der Waals surface area (Å²) in [5.74, 6) is -0.369. The third-order valence-corrected chi connectivity index (χ3v) is 9.12. The van der Waals surface area contributed by atoms with Crippen LogP contribution in [0.15, 0.2) is 53.4 Å². The highest BCUT2D eigenvalue weighted by atomic mass is 32.2. The lowest BCUT2D eigenvalue weighted by atomic mass is 10.2. The van der Waals surface area contributed by atoms with Crippen molar-refractivity contribution in [1.82, 2.24) is 9.62 Å². The van der Waals surface area contributed by atoms with Crippen molar-refractivity contribution in [3.05, 3.63) is 54.1 Å². The fourth-order valence-corrected chi connectivity index (χ4v) is 6.76. The normalized spacial score (nSPS) is 16.0. The van der Waals surface area contributed by atoms with E-state index in [0.29, 0.717) is 29.2 Å². The van der Waals surface area contributed by atoms with Gasteiger partial charge in [0.2, 0.25) is 26.0 Å². The number of amides is 1. The molecule has 0 spiro atoms. The number of nitrogens with one attached hydrogen (secondary N) is 1. The highest BCUT2D eigenvalue weighted by Gasteiger charge is 2.34. The second-order valence-electron chi connectivity index (χ2n) is 8.86. The Morgan fingerprint density at radius 2 is 1.68 bits per heavy atom. The molecular weight excluding hydrogens is 547 g/mol. The topological polar surface area (TPSA) is 113 Å². The Kier molecular flexibility index (Phi) is 9.31. The van der Waals surface area contributed by atoms with Crippen LogP contribution in [0.25, 0.3) is 0 Å². The molecule has 14 heteroatoms. The molecule has 3 rings (SSSR count). The minimum atomic E-state index is -4.68. The maximum atomic E-state index is 13.1. The van der Waals surface area contributed by atoms with Gasteiger partial charge in [-0.3, -0.25) is 9.10 Å². The summed E-state index contributed by atoms with van der Waals surface area (Å²) < 4.78 is 97.1. The van der Waals surface area contributed by atoms with Crippen LogP contribution >= 0.6 is 0 Å². The number of carbonyl (C=O) groups excluding carboxylic acids is 1. The van der Waals surface area contributed by atoms with Crippen molar-refractivity contribution in [1.29, 1.82) is 0 Å². The fourth-order valence-electron chi connectivity index (χ4n) is 4.08. The van der Waals surface area contributed by atoms with Crippen LogP contribution in [0.1, 0.15) is 31.7 Å². The van der Waals surface area contributed by atoms with E-state index in [0.717, 1.165) is 37.7 Å². The van der Waals surface area contributed by atoms with Gasteiger partial charge in [-0.25, -0.2) is 16.8 Å². The Bertz CT molecular complexity index is 1330. The average Bonchev–Trinajstić information content (AvgIpc) is 2.86. The van der Waals surface area contributed by atoms with Gasteiger partial charge in [-0.05, 0) is 62.2 Å². The van der Waals surface area contributed by atoms with E-state index < -0.39 is 43.7 Å². The molecule has 1 fully saturated rings. The predicted molar refractivity (Wildman–Crippen MR) is 136 cm³/mol. The minimum absolute atomic E-state index is 0.0148. The quantitative estimate of drug-likeness (QED) is 0.434. The Morgan fingerprint density at radius 3 is 2.26 bits per heavy atom. The summed E-state index contributed by atoms with van der Waals surface area (Å²) in [7, 11) is -7.68. The summed E-state index contributed by atoms with van der Waals surface area (Å²) >= 11 is 0. The molecule has 0 saturated carbocycles. The van der Waals surface area contributed by atoms with E-state index in [1.165, 1.54) is 41.6 Å². The van der Waals surface area contributed by atoms with Crippen LogP contribution < -0.4 is 14.4 Å². The van der Waals surface area contributed by atoms with Crippen molar-refractivity contribution >= 4 is 31.6 Å². The van der Waals surface area contributed by atoms with Gasteiger partial charge in [0, 0.05) is 13.1 Å². The van der Waals surface area contributed by atoms with Gasteiger partial charge in [0.05, 0.1) is 28.9 Å². The van der Waals surface area contributed by atoms with E-state index in [4.69, 9.17) is 4.74 Å². The number of carbonyl (C=O) groups is 1. The number of anilines is 1. The number of piperidine rings is 1. The third-order valence-electron chi connectivity index (χ3n) is 5.96. The van der Waals surface area contributed by atoms with Crippen LogP contribution in [0.4, 0.5) is 18.9 Å². The van der Waals surface area contributed by atoms with Gasteiger partial charge in [0.15, 0.2) is 0 Å². The zero-order valence-electron chi connectivity index (χ0n) is 20.9. The molecule has 0 unspecified atom stereocenters. The smallest absolute Gasteiger partial charge is 0.416 e. The molecule has 1 amide bonds. The summed E-state index contributed by atoms with van der Waals surface area (Å²) in [6.07, 6.45) is -1.22. The zero-order valence-corrected chi connectivity index (χ0v) is 22.6. The highest BCUT2D eigenvalue weighted by molar-refractivity contribution is 7.92. The molecule has 1 aliphatic heterocycles. The highest BCUT2D eigenvalue weighted by Crippen LogP contribution is 2.33. The molecule has 1 N–H and O–H groups in total. The molecule has 1 aliphatic rings. The lowest BCUT2D eigenvalue weighted by Gasteiger charge is -2.28. The summed E-state index contributed by atoms with van der Waals surface area (Å²) in [5.41, 5.74) is -1.33. The molecule has 210 valence electrons. The SMILES string of the molecule is C[C@H](C(=O)NCCOc1ccc(S(=O)(=O)N2CCCCC2)cc1)N(c1cccc(C(F)(F)F)c1)S(C)(=O)=O. The fraction of sp³-hybridized carbons (Fsp3) is 0.458. The second kappa shape index (κ2) is 11.9. The molecule has 0 aliphatic carbocycles. The molecule has 1 saturated heterocycles. The van der Waals surface area contributed by atoms with Crippen LogP contribution in [0.2, 0.25) is 0 Å². The minimum Gasteiger partial charge on any atom is -0.492 e. The summed E-state index contributed by atoms with van der Waals surface area (Å²) in [5, 5.41) is 2.50. The van der Waals surface area contributed by atoms with Gasteiger partial charge < -0.3 is 10.1 Å². The molecule has 1 atom stereocenters. The van der Waals surface area contributed by atoms with Crippen molar-refractivity contribution in [3.63, 3.8) is 0 Å². The van der Waals surface area contributed by atoms with E-state index in [-0.39, 0.29) is 23.7 Å². The number of alkyl halides is 3. The summed E-state index contributed by atoms with van der Waals surface area (Å²) in [4.78, 5) is 12.8. The number of hydrogen-bond donors (Lipinski definition) is 1. The van der Waals surface area contributed by atoms with Crippen molar-refractivity contribution in [2.24, 2.45) is 0 Å². The van der Waals surface area contributed by atoms with Gasteiger partial charge in [-0.2, -0.15) is 17.5 Å². The van der Waals surface area contributed by atoms with Crippen LogP contribution in [0, 0.1) is 0 Å². The number of nitrogens with zero attached hydrogens (tertiary/aromatic N) is 2. The van der Waals surface area contributed by atoms with Gasteiger partial charge in [-0.1, -0.05) is 12.5 Å². The standard InChI is InChI=1S/C24H30F3N3O6S2/c1-18(30(37(2,32)33)20-8-6-7-19(17-20)24(25,26)27)23(31)28-13-16-36-21-9-11-22(12-10-21)38(34,35)29-14-4-3-5-15-29/h6-12,17-18H,3-5,13-16H2,1-2H3,(H,28,31)/t18-/m1/s1. The number of benzene rings is 2. The van der Waals surface area contributed by atoms with Crippen LogP contribution in [0.3, 0.4) is 0 Å². The molecule has 1 heterocycles. The number of hydrogen-bond acceptors (Lipinski definition) is 6. The Labute approximate surface area is 220 Å². The van der Waals surface area contributed by atoms with Gasteiger partial charge in [0.25, 0.3) is 0 Å². The van der Waals surface area contributed by atoms with Gasteiger partial charge in [0.1, 0.15) is 18.4 Å². The number of halogens is 3. The van der Waals surface area contributed by atoms with Gasteiger partial charge in [-0.15, -0.1) is 0 Å². The van der Waals surface area contributed by atoms with E-state index in [1.807, 2.05) is 0 Å². The Hall–Kier alpha value is -2.84. The molecule has 2 aromatic carbocycles. The van der Waals surface area contributed by atoms with Crippen molar-refractivity contribution in [3.8, 4) is 5.75 Å². The second-order valence-corrected chi connectivity index (χ2v) is 12.7. The van der Waals surface area contributed by atoms with E-state index in [9.17, 15) is 34.8 Å². The first-order valence-corrected chi connectivity index (χ1v) is 15.2. The van der Waals surface area contributed by atoms with Crippen LogP contribution in [-0.2, 0) is 31.0 Å². The zero-order chi connectivity index (χ0) is 28.1. The molecule has 0 bridgehead atoms. The number of rotatable bonds is 10. The first kappa shape index (κ1) is 29.7. The molecule has 2 aromatic rings. The van der Waals surface area contributed by atoms with E-state index >= 15 is 0 Å². The monoisotopic (exact) mass is 577 g/mol. The largest absolute Gasteiger partial charge is 0.492 e. The maximum Gasteiger partial charge on any atom is 0.416 e. The maximum absolute atomic E-state index is 13.1. The van der Waals surface area contributed by atoms with Gasteiger partial charge >= 0.3 is 6.18 Å². The van der Waals surface area contributed by atoms with Crippen molar-refractivity contribution in [2.75, 3.05) is 36.8 Å². The lowest BCUT2D eigenvalue weighted by molar-refractivity contribution is -0.137. The van der Waals surface area contributed by atoms with E-state index in [1.54, 1.807) is 0 Å². The number of sulfonamides is 2. The molecular formula is C24H30F3N3O6S2. The molecule has 9 nitrogen and oxygen atoms in total. The summed E-state index contributed by atoms with van der Waals surface area (Å²) in [6, 6.07) is 8.27. The van der Waals surface area contributed by atoms with Crippen LogP contribution in [0.5, 0.6) is 5.75 Å². The first-order valence-electron chi connectivity index (χ1n) is 11.9.